The van der Waals surface area contributed by atoms with Gasteiger partial charge in [-0.15, -0.1) is 0 Å². The molecule has 4 unspecified atom stereocenters. The summed E-state index contributed by atoms with van der Waals surface area (Å²) in [5.74, 6) is -1.94. The number of fused-ring (bicyclic) bond motifs is 1. The smallest absolute Gasteiger partial charge is 0.318 e. The minimum atomic E-state index is -0.878. The maximum absolute atomic E-state index is 12.5. The molecule has 5 nitrogen and oxygen atoms in total. The zero-order valence-corrected chi connectivity index (χ0v) is 13.5. The summed E-state index contributed by atoms with van der Waals surface area (Å²) >= 11 is 5.90. The van der Waals surface area contributed by atoms with Gasteiger partial charge in [0.15, 0.2) is 0 Å². The molecule has 1 aromatic carbocycles. The first-order valence-corrected chi connectivity index (χ1v) is 8.03. The Balaban J connectivity index is 1.77. The van der Waals surface area contributed by atoms with E-state index in [0.717, 1.165) is 5.56 Å². The summed E-state index contributed by atoms with van der Waals surface area (Å²) in [6.07, 6.45) is 1.36. The van der Waals surface area contributed by atoms with Gasteiger partial charge in [-0.1, -0.05) is 23.7 Å². The summed E-state index contributed by atoms with van der Waals surface area (Å²) in [6.45, 7) is 0. The molecular weight excluding hydrogens is 318 g/mol. The van der Waals surface area contributed by atoms with Crippen molar-refractivity contribution in [2.24, 2.45) is 11.8 Å². The van der Waals surface area contributed by atoms with E-state index in [9.17, 15) is 14.4 Å². The van der Waals surface area contributed by atoms with Crippen molar-refractivity contribution in [3.8, 4) is 0 Å². The number of carbonyl (C=O) groups is 3. The van der Waals surface area contributed by atoms with E-state index in [1.54, 1.807) is 12.1 Å². The van der Waals surface area contributed by atoms with Gasteiger partial charge < -0.3 is 10.1 Å². The second kappa shape index (κ2) is 6.32. The molecule has 1 aromatic rings. The number of benzene rings is 1. The van der Waals surface area contributed by atoms with Crippen LogP contribution in [0.5, 0.6) is 0 Å². The Hall–Kier alpha value is -1.88. The highest BCUT2D eigenvalue weighted by atomic mass is 35.5. The number of ketones is 1. The molecule has 1 saturated heterocycles. The molecule has 1 N–H and O–H groups in total. The molecule has 1 aliphatic carbocycles. The van der Waals surface area contributed by atoms with Gasteiger partial charge in [-0.05, 0) is 36.5 Å². The normalized spacial score (nSPS) is 30.3. The van der Waals surface area contributed by atoms with Crippen LogP contribution in [-0.2, 0) is 19.1 Å². The SMILES string of the molecule is COC(=O)C1CC2C(=O)CC(c3ccc(Cl)cc3)CC2NC1=O. The Bertz CT molecular complexity index is 642. The Labute approximate surface area is 139 Å². The average Bonchev–Trinajstić information content (AvgIpc) is 2.54. The third-order valence-corrected chi connectivity index (χ3v) is 5.10. The lowest BCUT2D eigenvalue weighted by Gasteiger charge is -2.40. The van der Waals surface area contributed by atoms with E-state index >= 15 is 0 Å². The van der Waals surface area contributed by atoms with Crippen molar-refractivity contribution in [3.63, 3.8) is 0 Å². The molecule has 1 heterocycles. The monoisotopic (exact) mass is 335 g/mol. The number of nitrogens with one attached hydrogen (secondary N) is 1. The quantitative estimate of drug-likeness (QED) is 0.663. The number of Topliss-reactive ketones (excluding diaryl/α,β-unsaturated/α-hetero) is 1. The molecule has 6 heteroatoms. The minimum absolute atomic E-state index is 0.0657. The first-order chi connectivity index (χ1) is 11.0. The van der Waals surface area contributed by atoms with Crippen LogP contribution in [0.4, 0.5) is 0 Å². The summed E-state index contributed by atoms with van der Waals surface area (Å²) in [7, 11) is 1.25. The summed E-state index contributed by atoms with van der Waals surface area (Å²) in [4.78, 5) is 36.3. The molecule has 1 amide bonds. The zero-order valence-electron chi connectivity index (χ0n) is 12.8. The Kier molecular flexibility index (Phi) is 4.39. The van der Waals surface area contributed by atoms with Gasteiger partial charge in [-0.25, -0.2) is 0 Å². The third-order valence-electron chi connectivity index (χ3n) is 4.85. The number of methoxy groups -OCH3 is 1. The van der Waals surface area contributed by atoms with E-state index in [0.29, 0.717) is 17.9 Å². The first kappa shape index (κ1) is 16.0. The molecular formula is C17H18ClNO4. The second-order valence-corrected chi connectivity index (χ2v) is 6.62. The van der Waals surface area contributed by atoms with Crippen LogP contribution in [0.25, 0.3) is 0 Å². The first-order valence-electron chi connectivity index (χ1n) is 7.66. The standard InChI is InChI=1S/C17H18ClNO4/c1-23-17(22)13-8-12-14(19-16(13)21)6-10(7-15(12)20)9-2-4-11(18)5-3-9/h2-5,10,12-14H,6-8H2,1H3,(H,19,21). The Morgan fingerprint density at radius 3 is 2.57 bits per heavy atom. The number of halogens is 1. The lowest BCUT2D eigenvalue weighted by atomic mass is 9.69. The molecule has 1 saturated carbocycles. The van der Waals surface area contributed by atoms with E-state index < -0.39 is 11.9 Å². The van der Waals surface area contributed by atoms with Crippen LogP contribution in [0.15, 0.2) is 24.3 Å². The largest absolute Gasteiger partial charge is 0.468 e. The molecule has 122 valence electrons. The summed E-state index contributed by atoms with van der Waals surface area (Å²) < 4.78 is 4.65. The van der Waals surface area contributed by atoms with Crippen molar-refractivity contribution in [2.75, 3.05) is 7.11 Å². The van der Waals surface area contributed by atoms with Gasteiger partial charge in [0, 0.05) is 23.4 Å². The fraction of sp³-hybridized carbons (Fsp3) is 0.471. The number of rotatable bonds is 2. The fourth-order valence-corrected chi connectivity index (χ4v) is 3.73. The number of hydrogen-bond donors (Lipinski definition) is 1. The number of ether oxygens (including phenoxy) is 1. The van der Waals surface area contributed by atoms with E-state index in [2.05, 4.69) is 10.1 Å². The summed E-state index contributed by atoms with van der Waals surface area (Å²) in [6, 6.07) is 7.23. The van der Waals surface area contributed by atoms with Crippen LogP contribution in [-0.4, -0.2) is 30.8 Å². The van der Waals surface area contributed by atoms with Gasteiger partial charge in [-0.2, -0.15) is 0 Å². The molecule has 0 aromatic heterocycles. The van der Waals surface area contributed by atoms with Crippen molar-refractivity contribution in [3.05, 3.63) is 34.9 Å². The molecule has 0 spiro atoms. The highest BCUT2D eigenvalue weighted by Gasteiger charge is 2.46. The Morgan fingerprint density at radius 1 is 1.22 bits per heavy atom. The van der Waals surface area contributed by atoms with Gasteiger partial charge in [0.05, 0.1) is 7.11 Å². The van der Waals surface area contributed by atoms with Crippen LogP contribution in [0, 0.1) is 11.8 Å². The molecule has 2 fully saturated rings. The topological polar surface area (TPSA) is 72.5 Å². The van der Waals surface area contributed by atoms with Crippen molar-refractivity contribution < 1.29 is 19.1 Å². The third kappa shape index (κ3) is 3.11. The number of hydrogen-bond acceptors (Lipinski definition) is 4. The molecule has 0 radical (unpaired) electrons. The molecule has 3 rings (SSSR count). The maximum atomic E-state index is 12.5. The predicted molar refractivity (Wildman–Crippen MR) is 84.0 cm³/mol. The number of carbonyl (C=O) groups excluding carboxylic acids is 3. The number of amides is 1. The fourth-order valence-electron chi connectivity index (χ4n) is 3.61. The van der Waals surface area contributed by atoms with Gasteiger partial charge in [0.25, 0.3) is 0 Å². The average molecular weight is 336 g/mol. The summed E-state index contributed by atoms with van der Waals surface area (Å²) in [5, 5.41) is 3.49. The molecule has 2 aliphatic rings. The molecule has 4 atom stereocenters. The van der Waals surface area contributed by atoms with E-state index in [4.69, 9.17) is 11.6 Å². The van der Waals surface area contributed by atoms with Gasteiger partial charge >= 0.3 is 5.97 Å². The van der Waals surface area contributed by atoms with E-state index in [1.165, 1.54) is 7.11 Å². The predicted octanol–water partition coefficient (Wildman–Crippen LogP) is 2.08. The van der Waals surface area contributed by atoms with Crippen molar-refractivity contribution >= 4 is 29.3 Å². The number of esters is 1. The van der Waals surface area contributed by atoms with Gasteiger partial charge in [0.1, 0.15) is 11.7 Å². The van der Waals surface area contributed by atoms with Crippen LogP contribution in [0.1, 0.15) is 30.7 Å². The molecule has 1 aliphatic heterocycles. The second-order valence-electron chi connectivity index (χ2n) is 6.19. The summed E-state index contributed by atoms with van der Waals surface area (Å²) in [5.41, 5.74) is 1.05. The van der Waals surface area contributed by atoms with Crippen LogP contribution >= 0.6 is 11.6 Å². The zero-order chi connectivity index (χ0) is 16.6. The molecule has 0 bridgehead atoms. The van der Waals surface area contributed by atoms with E-state index in [-0.39, 0.29) is 36.0 Å². The lowest BCUT2D eigenvalue weighted by molar-refractivity contribution is -0.154. The highest BCUT2D eigenvalue weighted by Crippen LogP contribution is 2.39. The van der Waals surface area contributed by atoms with Crippen LogP contribution < -0.4 is 5.32 Å². The van der Waals surface area contributed by atoms with Crippen molar-refractivity contribution in [1.29, 1.82) is 0 Å². The Morgan fingerprint density at radius 2 is 1.91 bits per heavy atom. The van der Waals surface area contributed by atoms with Gasteiger partial charge in [0.2, 0.25) is 5.91 Å². The molecule has 23 heavy (non-hydrogen) atoms. The van der Waals surface area contributed by atoms with Crippen molar-refractivity contribution in [1.82, 2.24) is 5.32 Å². The van der Waals surface area contributed by atoms with Gasteiger partial charge in [-0.3, -0.25) is 14.4 Å². The maximum Gasteiger partial charge on any atom is 0.318 e. The van der Waals surface area contributed by atoms with E-state index in [1.807, 2.05) is 12.1 Å². The van der Waals surface area contributed by atoms with Crippen LogP contribution in [0.3, 0.4) is 0 Å². The number of piperidine rings is 1. The lowest BCUT2D eigenvalue weighted by Crippen LogP contribution is -2.56. The highest BCUT2D eigenvalue weighted by molar-refractivity contribution is 6.30. The van der Waals surface area contributed by atoms with Crippen molar-refractivity contribution in [2.45, 2.75) is 31.2 Å². The minimum Gasteiger partial charge on any atom is -0.468 e. The van der Waals surface area contributed by atoms with Crippen LogP contribution in [0.2, 0.25) is 5.02 Å².